The highest BCUT2D eigenvalue weighted by molar-refractivity contribution is 7.99. The third-order valence-corrected chi connectivity index (χ3v) is 3.68. The molecule has 0 aliphatic heterocycles. The lowest BCUT2D eigenvalue weighted by Crippen LogP contribution is -2.04. The lowest BCUT2D eigenvalue weighted by molar-refractivity contribution is 0.413. The van der Waals surface area contributed by atoms with E-state index in [2.05, 4.69) is 30.3 Å². The second-order valence-corrected chi connectivity index (χ2v) is 5.29. The van der Waals surface area contributed by atoms with Gasteiger partial charge in [-0.25, -0.2) is 0 Å². The summed E-state index contributed by atoms with van der Waals surface area (Å²) in [7, 11) is 1.68. The van der Waals surface area contributed by atoms with Crippen LogP contribution in [0.25, 0.3) is 0 Å². The predicted octanol–water partition coefficient (Wildman–Crippen LogP) is 3.87. The first kappa shape index (κ1) is 13.0. The van der Waals surface area contributed by atoms with Gasteiger partial charge < -0.3 is 10.5 Å². The topological polar surface area (TPSA) is 35.2 Å². The number of benzene rings is 2. The summed E-state index contributed by atoms with van der Waals surface area (Å²) in [6, 6.07) is 16.5. The van der Waals surface area contributed by atoms with Gasteiger partial charge in [0.15, 0.2) is 0 Å². The zero-order chi connectivity index (χ0) is 13.0. The smallest absolute Gasteiger partial charge is 0.119 e. The van der Waals surface area contributed by atoms with Crippen LogP contribution in [0.15, 0.2) is 58.3 Å². The molecule has 0 radical (unpaired) electrons. The average Bonchev–Trinajstić information content (AvgIpc) is 2.39. The van der Waals surface area contributed by atoms with Gasteiger partial charge in [0.25, 0.3) is 0 Å². The lowest BCUT2D eigenvalue weighted by atomic mass is 10.1. The second-order valence-electron chi connectivity index (χ2n) is 4.14. The van der Waals surface area contributed by atoms with Gasteiger partial charge in [0.05, 0.1) is 7.11 Å². The van der Waals surface area contributed by atoms with Gasteiger partial charge in [-0.1, -0.05) is 30.0 Å². The Morgan fingerprint density at radius 1 is 1.06 bits per heavy atom. The highest BCUT2D eigenvalue weighted by Crippen LogP contribution is 2.30. The van der Waals surface area contributed by atoms with Crippen molar-refractivity contribution in [3.8, 4) is 5.75 Å². The highest BCUT2D eigenvalue weighted by atomic mass is 32.2. The van der Waals surface area contributed by atoms with E-state index in [1.165, 1.54) is 9.79 Å². The molecule has 0 amide bonds. The van der Waals surface area contributed by atoms with Crippen molar-refractivity contribution in [2.24, 2.45) is 5.73 Å². The molecule has 2 aromatic carbocycles. The van der Waals surface area contributed by atoms with E-state index in [1.54, 1.807) is 18.9 Å². The summed E-state index contributed by atoms with van der Waals surface area (Å²) in [6.45, 7) is 1.99. The molecule has 0 saturated carbocycles. The van der Waals surface area contributed by atoms with Gasteiger partial charge in [-0.15, -0.1) is 0 Å². The SMILES string of the molecule is COc1cccc(Sc2ccc(C(C)N)cc2)c1. The minimum atomic E-state index is 0.0841. The van der Waals surface area contributed by atoms with Crippen molar-refractivity contribution in [1.82, 2.24) is 0 Å². The molecule has 2 rings (SSSR count). The molecule has 0 fully saturated rings. The molecule has 2 N–H and O–H groups in total. The van der Waals surface area contributed by atoms with Gasteiger partial charge in [-0.3, -0.25) is 0 Å². The van der Waals surface area contributed by atoms with Crippen molar-refractivity contribution in [1.29, 1.82) is 0 Å². The van der Waals surface area contributed by atoms with E-state index >= 15 is 0 Å². The molecule has 2 nitrogen and oxygen atoms in total. The molecule has 94 valence electrons. The van der Waals surface area contributed by atoms with Crippen LogP contribution in [0.4, 0.5) is 0 Å². The monoisotopic (exact) mass is 259 g/mol. The molecule has 18 heavy (non-hydrogen) atoms. The third kappa shape index (κ3) is 3.28. The van der Waals surface area contributed by atoms with Crippen molar-refractivity contribution in [2.45, 2.75) is 22.8 Å². The maximum Gasteiger partial charge on any atom is 0.119 e. The molecule has 1 unspecified atom stereocenters. The van der Waals surface area contributed by atoms with Crippen LogP contribution in [0.2, 0.25) is 0 Å². The molecule has 0 heterocycles. The normalized spacial score (nSPS) is 12.2. The summed E-state index contributed by atoms with van der Waals surface area (Å²) in [5.74, 6) is 0.882. The summed E-state index contributed by atoms with van der Waals surface area (Å²) in [5.41, 5.74) is 6.99. The van der Waals surface area contributed by atoms with Crippen LogP contribution < -0.4 is 10.5 Å². The van der Waals surface area contributed by atoms with Gasteiger partial charge in [-0.2, -0.15) is 0 Å². The van der Waals surface area contributed by atoms with E-state index in [1.807, 2.05) is 25.1 Å². The maximum absolute atomic E-state index is 5.83. The van der Waals surface area contributed by atoms with Gasteiger partial charge in [0, 0.05) is 15.8 Å². The second kappa shape index (κ2) is 5.94. The Balaban J connectivity index is 2.13. The molecule has 0 aliphatic carbocycles. The molecular weight excluding hydrogens is 242 g/mol. The van der Waals surface area contributed by atoms with Crippen LogP contribution in [0.5, 0.6) is 5.75 Å². The highest BCUT2D eigenvalue weighted by Gasteiger charge is 2.01. The van der Waals surface area contributed by atoms with Crippen LogP contribution in [0, 0.1) is 0 Å². The van der Waals surface area contributed by atoms with Crippen molar-refractivity contribution in [3.05, 3.63) is 54.1 Å². The summed E-state index contributed by atoms with van der Waals surface area (Å²) in [6.07, 6.45) is 0. The van der Waals surface area contributed by atoms with Crippen LogP contribution in [0.3, 0.4) is 0 Å². The standard InChI is InChI=1S/C15H17NOS/c1-11(16)12-6-8-14(9-7-12)18-15-5-3-4-13(10-15)17-2/h3-11H,16H2,1-2H3. The molecule has 2 aromatic rings. The number of hydrogen-bond donors (Lipinski definition) is 1. The van der Waals surface area contributed by atoms with Crippen LogP contribution in [-0.2, 0) is 0 Å². The molecule has 0 aliphatic rings. The van der Waals surface area contributed by atoms with Gasteiger partial charge in [-0.05, 0) is 42.8 Å². The van der Waals surface area contributed by atoms with E-state index in [9.17, 15) is 0 Å². The Morgan fingerprint density at radius 2 is 1.78 bits per heavy atom. The largest absolute Gasteiger partial charge is 0.497 e. The fourth-order valence-corrected chi connectivity index (χ4v) is 2.51. The van der Waals surface area contributed by atoms with Crippen LogP contribution >= 0.6 is 11.8 Å². The molecule has 0 spiro atoms. The zero-order valence-electron chi connectivity index (χ0n) is 10.6. The lowest BCUT2D eigenvalue weighted by Gasteiger charge is -2.07. The van der Waals surface area contributed by atoms with E-state index in [-0.39, 0.29) is 6.04 Å². The molecule has 3 heteroatoms. The van der Waals surface area contributed by atoms with E-state index in [4.69, 9.17) is 10.5 Å². The minimum absolute atomic E-state index is 0.0841. The fraction of sp³-hybridized carbons (Fsp3) is 0.200. The molecule has 1 atom stereocenters. The van der Waals surface area contributed by atoms with Gasteiger partial charge >= 0.3 is 0 Å². The summed E-state index contributed by atoms with van der Waals surface area (Å²) < 4.78 is 5.21. The fourth-order valence-electron chi connectivity index (χ4n) is 1.64. The minimum Gasteiger partial charge on any atom is -0.497 e. The maximum atomic E-state index is 5.83. The van der Waals surface area contributed by atoms with Gasteiger partial charge in [0.1, 0.15) is 5.75 Å². The average molecular weight is 259 g/mol. The number of rotatable bonds is 4. The van der Waals surface area contributed by atoms with Crippen molar-refractivity contribution < 1.29 is 4.74 Å². The first-order chi connectivity index (χ1) is 8.69. The van der Waals surface area contributed by atoms with Crippen molar-refractivity contribution in [3.63, 3.8) is 0 Å². The van der Waals surface area contributed by atoms with Crippen LogP contribution in [-0.4, -0.2) is 7.11 Å². The van der Waals surface area contributed by atoms with Crippen LogP contribution in [0.1, 0.15) is 18.5 Å². The van der Waals surface area contributed by atoms with Crippen molar-refractivity contribution in [2.75, 3.05) is 7.11 Å². The molecule has 0 aromatic heterocycles. The quantitative estimate of drug-likeness (QED) is 0.905. The number of hydrogen-bond acceptors (Lipinski definition) is 3. The number of methoxy groups -OCH3 is 1. The number of nitrogens with two attached hydrogens (primary N) is 1. The Morgan fingerprint density at radius 3 is 2.39 bits per heavy atom. The first-order valence-corrected chi connectivity index (χ1v) is 6.68. The summed E-state index contributed by atoms with van der Waals surface area (Å²) in [4.78, 5) is 2.37. The Labute approximate surface area is 112 Å². The van der Waals surface area contributed by atoms with E-state index < -0.39 is 0 Å². The number of ether oxygens (including phenoxy) is 1. The van der Waals surface area contributed by atoms with Gasteiger partial charge in [0.2, 0.25) is 0 Å². The molecular formula is C15H17NOS. The Hall–Kier alpha value is -1.45. The molecule has 0 saturated heterocycles. The Kier molecular flexibility index (Phi) is 4.28. The Bertz CT molecular complexity index is 508. The summed E-state index contributed by atoms with van der Waals surface area (Å²) in [5, 5.41) is 0. The van der Waals surface area contributed by atoms with Crippen molar-refractivity contribution >= 4 is 11.8 Å². The van der Waals surface area contributed by atoms with E-state index in [0.29, 0.717) is 0 Å². The van der Waals surface area contributed by atoms with E-state index in [0.717, 1.165) is 11.3 Å². The zero-order valence-corrected chi connectivity index (χ0v) is 11.4. The first-order valence-electron chi connectivity index (χ1n) is 5.86. The molecule has 0 bridgehead atoms. The third-order valence-electron chi connectivity index (χ3n) is 2.68. The predicted molar refractivity (Wildman–Crippen MR) is 76.2 cm³/mol. The summed E-state index contributed by atoms with van der Waals surface area (Å²) >= 11 is 1.72.